The number of nitro benzene ring substituents is 3. The monoisotopic (exact) mass is 2140 g/mol. The molecule has 6 fully saturated rings. The Morgan fingerprint density at radius 2 is 0.774 bits per heavy atom. The van der Waals surface area contributed by atoms with Crippen molar-refractivity contribution in [3.63, 3.8) is 0 Å². The molecule has 11 aliphatic heterocycles. The number of amidine groups is 2. The number of nitro groups is 3. The molecule has 0 aliphatic carbocycles. The van der Waals surface area contributed by atoms with Crippen molar-refractivity contribution in [1.29, 1.82) is 5.41 Å². The first-order chi connectivity index (χ1) is 62.9. The lowest BCUT2D eigenvalue weighted by molar-refractivity contribution is -0.385. The highest BCUT2D eigenvalue weighted by Crippen LogP contribution is 2.43. The lowest BCUT2D eigenvalue weighted by atomic mass is 10.2. The fourth-order valence-electron chi connectivity index (χ4n) is 15.9. The molecular weight excluding hydrogens is 2020 g/mol. The van der Waals surface area contributed by atoms with E-state index >= 15 is 0 Å². The average Bonchev–Trinajstić information content (AvgIpc) is 1.80. The number of carbonyl (C=O) groups excluding carboxylic acids is 2. The molecule has 2 amide bonds. The number of likely N-dealkylation sites (tertiary alicyclic amines) is 4. The lowest BCUT2D eigenvalue weighted by Crippen LogP contribution is -2.42. The summed E-state index contributed by atoms with van der Waals surface area (Å²) in [6.45, 7) is 25.2. The van der Waals surface area contributed by atoms with E-state index in [2.05, 4.69) is 86.0 Å². The third-order valence-corrected chi connectivity index (χ3v) is 31.5. The third kappa shape index (κ3) is 36.0. The molecule has 8 aromatic rings. The number of fused-ring (bicyclic) bond motifs is 5. The fraction of sp³-hybridized carbons (Fsp3) is 0.495. The van der Waals surface area contributed by atoms with Gasteiger partial charge in [-0.15, -0.1) is 153 Å². The summed E-state index contributed by atoms with van der Waals surface area (Å²) >= 11 is 20.8. The third-order valence-electron chi connectivity index (χ3n) is 22.7. The van der Waals surface area contributed by atoms with Crippen LogP contribution in [0, 0.1) is 35.8 Å². The van der Waals surface area contributed by atoms with Gasteiger partial charge in [-0.2, -0.15) is 0 Å². The number of nitrogens with one attached hydrogen (secondary N) is 2. The van der Waals surface area contributed by atoms with E-state index in [1.54, 1.807) is 98.5 Å². The van der Waals surface area contributed by atoms with E-state index in [9.17, 15) is 39.9 Å². The average molecular weight is 2150 g/mol. The molecule has 133 heavy (non-hydrogen) atoms. The van der Waals surface area contributed by atoms with Gasteiger partial charge in [0.1, 0.15) is 22.6 Å². The largest absolute Gasteiger partial charge is 0.400 e. The van der Waals surface area contributed by atoms with Crippen molar-refractivity contribution in [2.75, 3.05) is 230 Å². The number of alkyl halides is 1. The van der Waals surface area contributed by atoms with Crippen molar-refractivity contribution in [3.05, 3.63) is 189 Å². The summed E-state index contributed by atoms with van der Waals surface area (Å²) in [6, 6.07) is 39.4. The molecule has 0 bridgehead atoms. The van der Waals surface area contributed by atoms with Crippen molar-refractivity contribution < 1.29 is 34.2 Å². The van der Waals surface area contributed by atoms with Gasteiger partial charge in [-0.05, 0) is 238 Å². The summed E-state index contributed by atoms with van der Waals surface area (Å²) in [5, 5.41) is 56.9. The number of hydrogen-bond acceptors (Lipinski definition) is 30. The number of carbonyl (C=O) groups is 2. The number of hydrogen-bond donors (Lipinski definition) is 5. The Kier molecular flexibility index (Phi) is 52.7. The number of benzene rings is 5. The summed E-state index contributed by atoms with van der Waals surface area (Å²) in [5.41, 5.74) is 19.4. The molecule has 6 saturated heterocycles. The Labute approximate surface area is 850 Å². The molecule has 5 aromatic carbocycles. The van der Waals surface area contributed by atoms with Crippen LogP contribution in [0.25, 0.3) is 0 Å². The highest BCUT2D eigenvalue weighted by atomic mass is 127. The highest BCUT2D eigenvalue weighted by Gasteiger charge is 2.30. The Morgan fingerprint density at radius 3 is 1.09 bits per heavy atom. The summed E-state index contributed by atoms with van der Waals surface area (Å²) < 4.78 is 4.94. The zero-order valence-electron chi connectivity index (χ0n) is 74.5. The molecule has 3 aromatic heterocycles. The van der Waals surface area contributed by atoms with Crippen LogP contribution in [0.5, 0.6) is 0 Å². The number of nitrogens with zero attached hydrogens (tertiary/aromatic N) is 14. The number of rotatable bonds is 20. The van der Waals surface area contributed by atoms with Gasteiger partial charge in [0.15, 0.2) is 0 Å². The molecule has 0 unspecified atom stereocenters. The number of non-ortho nitro benzene ring substituents is 3. The second-order valence-electron chi connectivity index (χ2n) is 31.3. The maximum atomic E-state index is 12.5. The Hall–Kier alpha value is -6.52. The standard InChI is InChI=1S/2C19H24N4S2.C14H17N3O3S.C14H19N3O2S.C10H9ClN2O3S.C6H7NS2.C4H9N.C4H8O.CH4O.2CH4.ClH.HI/c2*20-19(18-4-3-12-24-18)21-15-5-6-17-16(14-15)23(11-13-25-17)10-9-22-7-1-2-8-22;18-14(10-15-5-1-2-6-15)16-7-8-21-13-4-3-11(17(19)20)9-12(13)16;18-17(19)12-3-4-14-13(11-12)16(9-10-20-14)8-7-15-5-1-2-6-15;11-6-10(14)12-3-4-17-9-2-1-7(13(15)16)5-8(9)12;1-8-6(7)5-3-2-4-9-5;2*1-2-4-5-3-1;1-2;;;;/h2*3-6,12,14H,1-2,7-11,13H2,(H2,20,21);3-4,9H,1-2,5-8,10H2;3-4,11H,1-2,5-10H2;1-2,5H,3-4,6H2;2-4,7H,1H3;5H,1-4H2;1-4H2;2H,1H3;2*1H4;2*1H. The van der Waals surface area contributed by atoms with Gasteiger partial charge in [0, 0.05) is 182 Å². The van der Waals surface area contributed by atoms with Crippen molar-refractivity contribution >= 4 is 238 Å². The number of amides is 2. The SMILES string of the molecule is C.C.C1CCNC1.C1CCOC1.CO.CSC(=N)c1cccs1.Cl.I.NC(=Nc1ccc2c(c1)N(CCN1CCCC1)CCS2)c1cccs1.NC(=Nc1ccc2c(c1)N(CCN1CCCC1)CCS2)c1cccs1.O=C(CCl)N1CCSc2ccc([N+](=O)[O-])cc21.O=C(CN1CCCC1)N1CCSc2ccc([N+](=O)[O-])cc21.O=[N+]([O-])c1ccc2c(c1)N(CCN1CCCC1)CCS2. The fourth-order valence-corrected chi connectivity index (χ4v) is 23.5. The van der Waals surface area contributed by atoms with E-state index in [4.69, 9.17) is 38.3 Å². The van der Waals surface area contributed by atoms with Crippen LogP contribution in [0.2, 0.25) is 0 Å². The Balaban J connectivity index is 0.000000214. The zero-order valence-corrected chi connectivity index (χ0v) is 85.7. The second kappa shape index (κ2) is 61.7. The minimum absolute atomic E-state index is 0. The van der Waals surface area contributed by atoms with Crippen LogP contribution in [-0.4, -0.2) is 273 Å². The molecular formula is C93H131Cl2IN18O10S9. The van der Waals surface area contributed by atoms with Gasteiger partial charge in [-0.3, -0.25) is 50.2 Å². The van der Waals surface area contributed by atoms with Gasteiger partial charge >= 0.3 is 0 Å². The molecule has 19 rings (SSSR count). The number of thiophene rings is 3. The van der Waals surface area contributed by atoms with Crippen LogP contribution in [0.3, 0.4) is 0 Å². The molecule has 0 radical (unpaired) electrons. The number of ether oxygens (including phenoxy) is 1. The first kappa shape index (κ1) is 113. The molecule has 0 saturated carbocycles. The van der Waals surface area contributed by atoms with Crippen molar-refractivity contribution in [2.45, 2.75) is 116 Å². The predicted molar refractivity (Wildman–Crippen MR) is 581 cm³/mol. The van der Waals surface area contributed by atoms with E-state index in [1.165, 1.54) is 184 Å². The molecule has 7 N–H and O–H groups in total. The summed E-state index contributed by atoms with van der Waals surface area (Å²) in [7, 11) is 1.00. The molecule has 0 spiro atoms. The van der Waals surface area contributed by atoms with Crippen molar-refractivity contribution in [3.8, 4) is 0 Å². The smallest absolute Gasteiger partial charge is 0.271 e. The van der Waals surface area contributed by atoms with Crippen LogP contribution < -0.4 is 41.3 Å². The van der Waals surface area contributed by atoms with E-state index in [1.807, 2.05) is 88.4 Å². The lowest BCUT2D eigenvalue weighted by Gasteiger charge is -2.32. The quantitative estimate of drug-likeness (QED) is 0.0118. The normalized spacial score (nSPS) is 17.1. The topological polar surface area (TPSA) is 335 Å². The van der Waals surface area contributed by atoms with Gasteiger partial charge in [0.25, 0.3) is 17.1 Å². The molecule has 11 aliphatic rings. The number of aliphatic hydroxyl groups is 1. The van der Waals surface area contributed by atoms with Crippen LogP contribution in [0.4, 0.5) is 56.9 Å². The van der Waals surface area contributed by atoms with Crippen molar-refractivity contribution in [1.82, 2.24) is 24.9 Å². The summed E-state index contributed by atoms with van der Waals surface area (Å²) in [6.07, 6.45) is 17.6. The van der Waals surface area contributed by atoms with E-state index < -0.39 is 9.85 Å². The summed E-state index contributed by atoms with van der Waals surface area (Å²) in [5.74, 6) is 5.87. The zero-order chi connectivity index (χ0) is 91.1. The molecule has 0 atom stereocenters. The summed E-state index contributed by atoms with van der Waals surface area (Å²) in [4.78, 5) is 94.0. The van der Waals surface area contributed by atoms with Crippen LogP contribution in [-0.2, 0) is 14.3 Å². The second-order valence-corrected chi connectivity index (χ2v) is 40.9. The van der Waals surface area contributed by atoms with Gasteiger partial charge < -0.3 is 65.8 Å². The number of thioether (sulfide) groups is 6. The predicted octanol–water partition coefficient (Wildman–Crippen LogP) is 20.1. The number of halogens is 3. The number of aliphatic imine (C=N–C) groups is 2. The van der Waals surface area contributed by atoms with E-state index in [-0.39, 0.29) is 90.9 Å². The van der Waals surface area contributed by atoms with Gasteiger partial charge in [-0.1, -0.05) is 33.1 Å². The number of nitrogens with two attached hydrogens (primary N) is 2. The molecule has 728 valence electrons. The van der Waals surface area contributed by atoms with Gasteiger partial charge in [-0.25, -0.2) is 9.98 Å². The maximum Gasteiger partial charge on any atom is 0.271 e. The van der Waals surface area contributed by atoms with Crippen molar-refractivity contribution in [2.24, 2.45) is 21.5 Å². The Morgan fingerprint density at radius 1 is 0.451 bits per heavy atom. The number of anilines is 5. The van der Waals surface area contributed by atoms with Crippen LogP contribution in [0.1, 0.15) is 107 Å². The molecule has 28 nitrogen and oxygen atoms in total. The minimum Gasteiger partial charge on any atom is -0.400 e. The Bertz CT molecular complexity index is 4760. The minimum atomic E-state index is -0.469. The van der Waals surface area contributed by atoms with Crippen LogP contribution in [0.15, 0.2) is 178 Å². The first-order valence-corrected chi connectivity index (χ1v) is 53.5. The van der Waals surface area contributed by atoms with E-state index in [0.29, 0.717) is 47.7 Å². The maximum absolute atomic E-state index is 12.5. The van der Waals surface area contributed by atoms with Gasteiger partial charge in [0.2, 0.25) is 11.8 Å². The first-order valence-electron chi connectivity index (χ1n) is 44.2. The van der Waals surface area contributed by atoms with E-state index in [0.717, 1.165) is 175 Å². The number of aliphatic hydroxyl groups excluding tert-OH is 1. The molecule has 14 heterocycles. The molecule has 40 heteroatoms. The van der Waals surface area contributed by atoms with Gasteiger partial charge in [0.05, 0.1) is 75.8 Å². The highest BCUT2D eigenvalue weighted by molar-refractivity contribution is 14.0. The van der Waals surface area contributed by atoms with Crippen LogP contribution >= 0.6 is 153 Å².